The molecule has 0 atom stereocenters. The van der Waals surface area contributed by atoms with Crippen molar-refractivity contribution in [3.63, 3.8) is 0 Å². The molecule has 0 aliphatic carbocycles. The van der Waals surface area contributed by atoms with Gasteiger partial charge in [-0.3, -0.25) is 4.79 Å². The normalized spacial score (nSPS) is 11.1. The van der Waals surface area contributed by atoms with Crippen LogP contribution in [0.3, 0.4) is 0 Å². The van der Waals surface area contributed by atoms with Crippen molar-refractivity contribution in [1.82, 2.24) is 10.3 Å². The van der Waals surface area contributed by atoms with Gasteiger partial charge in [0.2, 0.25) is 0 Å². The Morgan fingerprint density at radius 1 is 1.16 bits per heavy atom. The van der Waals surface area contributed by atoms with Crippen LogP contribution < -0.4 is 5.32 Å². The minimum atomic E-state index is -0.286. The van der Waals surface area contributed by atoms with Gasteiger partial charge in [-0.1, -0.05) is 35.3 Å². The molecule has 4 rings (SSSR count). The molecule has 0 saturated carbocycles. The smallest absolute Gasteiger partial charge is 0.254 e. The second-order valence-electron chi connectivity index (χ2n) is 5.17. The molecule has 3 aromatic heterocycles. The molecule has 0 spiro atoms. The molecule has 0 unspecified atom stereocenters. The predicted molar refractivity (Wildman–Crippen MR) is 103 cm³/mol. The van der Waals surface area contributed by atoms with Crippen LogP contribution in [0, 0.1) is 0 Å². The van der Waals surface area contributed by atoms with E-state index in [1.54, 1.807) is 17.4 Å². The Bertz CT molecular complexity index is 1030. The molecule has 0 radical (unpaired) electrons. The Labute approximate surface area is 161 Å². The van der Waals surface area contributed by atoms with E-state index in [0.717, 1.165) is 26.6 Å². The van der Waals surface area contributed by atoms with Crippen LogP contribution in [0.25, 0.3) is 21.0 Å². The molecule has 8 heteroatoms. The van der Waals surface area contributed by atoms with Crippen LogP contribution in [0.2, 0.25) is 8.67 Å². The van der Waals surface area contributed by atoms with Crippen LogP contribution in [0.4, 0.5) is 0 Å². The predicted octanol–water partition coefficient (Wildman–Crippen LogP) is 5.85. The van der Waals surface area contributed by atoms with Crippen LogP contribution in [-0.4, -0.2) is 10.9 Å². The van der Waals surface area contributed by atoms with E-state index in [0.29, 0.717) is 25.8 Å². The number of carbonyl (C=O) groups excluding carboxylic acids is 1. The van der Waals surface area contributed by atoms with Crippen LogP contribution in [0.15, 0.2) is 46.9 Å². The average Bonchev–Trinajstić information content (AvgIpc) is 3.29. The Morgan fingerprint density at radius 3 is 2.76 bits per heavy atom. The number of furan rings is 1. The number of carbonyl (C=O) groups is 1. The van der Waals surface area contributed by atoms with Crippen molar-refractivity contribution in [2.45, 2.75) is 6.54 Å². The minimum Gasteiger partial charge on any atom is -0.457 e. The number of thiophene rings is 1. The summed E-state index contributed by atoms with van der Waals surface area (Å²) in [5.74, 6) is 1.04. The summed E-state index contributed by atoms with van der Waals surface area (Å²) in [6.45, 7) is 0.257. The first kappa shape index (κ1) is 16.6. The summed E-state index contributed by atoms with van der Waals surface area (Å²) in [6, 6.07) is 13.2. The van der Waals surface area contributed by atoms with Gasteiger partial charge in [-0.15, -0.1) is 22.7 Å². The van der Waals surface area contributed by atoms with Gasteiger partial charge in [0.25, 0.3) is 5.91 Å². The fourth-order valence-electron chi connectivity index (χ4n) is 2.32. The van der Waals surface area contributed by atoms with Gasteiger partial charge in [-0.25, -0.2) is 4.98 Å². The van der Waals surface area contributed by atoms with Crippen molar-refractivity contribution in [2.75, 3.05) is 0 Å². The van der Waals surface area contributed by atoms with Crippen molar-refractivity contribution in [3.8, 4) is 10.8 Å². The summed E-state index contributed by atoms with van der Waals surface area (Å²) >= 11 is 14.6. The van der Waals surface area contributed by atoms with E-state index in [4.69, 9.17) is 27.6 Å². The van der Waals surface area contributed by atoms with E-state index in [2.05, 4.69) is 10.3 Å². The number of nitrogens with one attached hydrogen (secondary N) is 1. The lowest BCUT2D eigenvalue weighted by molar-refractivity contribution is 0.0948. The van der Waals surface area contributed by atoms with E-state index in [-0.39, 0.29) is 12.5 Å². The molecule has 0 aliphatic heterocycles. The summed E-state index contributed by atoms with van der Waals surface area (Å²) in [5, 5.41) is 3.59. The van der Waals surface area contributed by atoms with Gasteiger partial charge < -0.3 is 9.73 Å². The molecular formula is C17H10Cl2N2O2S2. The van der Waals surface area contributed by atoms with Gasteiger partial charge in [0.1, 0.15) is 10.1 Å². The molecule has 0 aliphatic rings. The number of hydrogen-bond donors (Lipinski definition) is 1. The minimum absolute atomic E-state index is 0.257. The first-order chi connectivity index (χ1) is 12.1. The number of nitrogens with zero attached hydrogens (tertiary/aromatic N) is 1. The lowest BCUT2D eigenvalue weighted by Crippen LogP contribution is -2.22. The number of amides is 1. The number of aromatic nitrogens is 1. The zero-order valence-electron chi connectivity index (χ0n) is 12.6. The lowest BCUT2D eigenvalue weighted by Gasteiger charge is -2.01. The topological polar surface area (TPSA) is 55.1 Å². The Kier molecular flexibility index (Phi) is 4.52. The Morgan fingerprint density at radius 2 is 2.00 bits per heavy atom. The second kappa shape index (κ2) is 6.80. The number of fused-ring (bicyclic) bond motifs is 1. The van der Waals surface area contributed by atoms with E-state index >= 15 is 0 Å². The van der Waals surface area contributed by atoms with Crippen molar-refractivity contribution in [2.24, 2.45) is 0 Å². The lowest BCUT2D eigenvalue weighted by atomic mass is 10.3. The van der Waals surface area contributed by atoms with Gasteiger partial charge >= 0.3 is 0 Å². The average molecular weight is 409 g/mol. The highest BCUT2D eigenvalue weighted by molar-refractivity contribution is 7.21. The van der Waals surface area contributed by atoms with E-state index in [1.807, 2.05) is 36.4 Å². The van der Waals surface area contributed by atoms with Crippen LogP contribution in [0.1, 0.15) is 16.1 Å². The Hall–Kier alpha value is -1.86. The highest BCUT2D eigenvalue weighted by Crippen LogP contribution is 2.32. The van der Waals surface area contributed by atoms with Gasteiger partial charge in [0, 0.05) is 0 Å². The number of hydrogen-bond acceptors (Lipinski definition) is 5. The standard InChI is InChI=1S/C17H10Cl2N2O2S2/c18-14-7-10(15(19)25-14)16(22)20-8-9-5-6-12(23-9)17-21-11-3-1-2-4-13(11)24-17/h1-7H,8H2,(H,20,22). The number of para-hydroxylation sites is 1. The summed E-state index contributed by atoms with van der Waals surface area (Å²) in [4.78, 5) is 16.7. The second-order valence-corrected chi connectivity index (χ2v) is 8.49. The third-order valence-electron chi connectivity index (χ3n) is 3.49. The summed E-state index contributed by atoms with van der Waals surface area (Å²) < 4.78 is 7.75. The molecule has 4 aromatic rings. The monoisotopic (exact) mass is 408 g/mol. The van der Waals surface area contributed by atoms with Crippen LogP contribution in [0.5, 0.6) is 0 Å². The molecule has 0 fully saturated rings. The molecule has 1 amide bonds. The number of halogens is 2. The molecule has 0 saturated heterocycles. The van der Waals surface area contributed by atoms with Gasteiger partial charge in [0.15, 0.2) is 10.8 Å². The molecule has 4 nitrogen and oxygen atoms in total. The number of rotatable bonds is 4. The summed E-state index contributed by atoms with van der Waals surface area (Å²) in [7, 11) is 0. The van der Waals surface area contributed by atoms with Gasteiger partial charge in [-0.05, 0) is 30.3 Å². The molecule has 1 N–H and O–H groups in total. The highest BCUT2D eigenvalue weighted by atomic mass is 35.5. The third kappa shape index (κ3) is 3.43. The highest BCUT2D eigenvalue weighted by Gasteiger charge is 2.15. The molecule has 25 heavy (non-hydrogen) atoms. The first-order valence-corrected chi connectivity index (χ1v) is 9.67. The fourth-order valence-corrected chi connectivity index (χ4v) is 4.71. The molecular weight excluding hydrogens is 399 g/mol. The van der Waals surface area contributed by atoms with Crippen molar-refractivity contribution in [3.05, 3.63) is 62.5 Å². The van der Waals surface area contributed by atoms with Crippen molar-refractivity contribution >= 4 is 62.0 Å². The maximum absolute atomic E-state index is 12.1. The third-order valence-corrected chi connectivity index (χ3v) is 6.03. The van der Waals surface area contributed by atoms with Crippen molar-refractivity contribution < 1.29 is 9.21 Å². The van der Waals surface area contributed by atoms with Crippen molar-refractivity contribution in [1.29, 1.82) is 0 Å². The quantitative estimate of drug-likeness (QED) is 0.460. The molecule has 126 valence electrons. The van der Waals surface area contributed by atoms with E-state index in [1.165, 1.54) is 0 Å². The Balaban J connectivity index is 1.48. The van der Waals surface area contributed by atoms with E-state index in [9.17, 15) is 4.79 Å². The SMILES string of the molecule is O=C(NCc1ccc(-c2nc3ccccc3s2)o1)c1cc(Cl)sc1Cl. The maximum Gasteiger partial charge on any atom is 0.254 e. The zero-order chi connectivity index (χ0) is 17.4. The zero-order valence-corrected chi connectivity index (χ0v) is 15.7. The molecule has 1 aromatic carbocycles. The van der Waals surface area contributed by atoms with E-state index < -0.39 is 0 Å². The fraction of sp³-hybridized carbons (Fsp3) is 0.0588. The van der Waals surface area contributed by atoms with Gasteiger partial charge in [0.05, 0.1) is 26.7 Å². The van der Waals surface area contributed by atoms with Gasteiger partial charge in [-0.2, -0.15) is 0 Å². The summed E-state index contributed by atoms with van der Waals surface area (Å²) in [6.07, 6.45) is 0. The van der Waals surface area contributed by atoms with Crippen LogP contribution >= 0.6 is 45.9 Å². The molecule has 0 bridgehead atoms. The largest absolute Gasteiger partial charge is 0.457 e. The van der Waals surface area contributed by atoms with Crippen LogP contribution in [-0.2, 0) is 6.54 Å². The summed E-state index contributed by atoms with van der Waals surface area (Å²) in [5.41, 5.74) is 1.31. The molecule has 3 heterocycles. The first-order valence-electron chi connectivity index (χ1n) is 7.28. The number of thiazole rings is 1. The maximum atomic E-state index is 12.1. The number of benzene rings is 1.